The number of carbonyl (C=O) groups excluding carboxylic acids is 1. The lowest BCUT2D eigenvalue weighted by Gasteiger charge is -2.28. The summed E-state index contributed by atoms with van der Waals surface area (Å²) in [7, 11) is 0. The molecule has 3 nitrogen and oxygen atoms in total. The number of aromatic nitrogens is 1. The highest BCUT2D eigenvalue weighted by Crippen LogP contribution is 2.24. The molecule has 0 N–H and O–H groups in total. The topological polar surface area (TPSA) is 25.2 Å². The number of aryl methyl sites for hydroxylation is 1. The largest absolute Gasteiger partial charge is 0.338 e. The van der Waals surface area contributed by atoms with Gasteiger partial charge in [-0.15, -0.1) is 0 Å². The van der Waals surface area contributed by atoms with Gasteiger partial charge in [-0.2, -0.15) is 0 Å². The monoisotopic (exact) mass is 328 g/mol. The molecule has 1 aromatic carbocycles. The number of piperidine rings is 1. The van der Waals surface area contributed by atoms with Crippen LogP contribution in [-0.4, -0.2) is 28.5 Å². The zero-order valence-electron chi connectivity index (χ0n) is 13.6. The van der Waals surface area contributed by atoms with Gasteiger partial charge in [0.2, 0.25) is 0 Å². The smallest absolute Gasteiger partial charge is 0.255 e. The number of nitrogens with zero attached hydrogens (tertiary/aromatic N) is 2. The highest BCUT2D eigenvalue weighted by molar-refractivity contribution is 6.30. The van der Waals surface area contributed by atoms with Gasteiger partial charge < -0.3 is 9.47 Å². The second kappa shape index (κ2) is 6.25. The fourth-order valence-electron chi connectivity index (χ4n) is 3.16. The van der Waals surface area contributed by atoms with Crippen molar-refractivity contribution in [1.29, 1.82) is 0 Å². The molecule has 0 radical (unpaired) electrons. The summed E-state index contributed by atoms with van der Waals surface area (Å²) in [5.74, 6) is 0.116. The maximum atomic E-state index is 12.8. The molecule has 3 rings (SSSR count). The van der Waals surface area contributed by atoms with Crippen molar-refractivity contribution in [3.63, 3.8) is 0 Å². The van der Waals surface area contributed by atoms with Crippen molar-refractivity contribution in [1.82, 2.24) is 9.47 Å². The predicted octanol–water partition coefficient (Wildman–Crippen LogP) is 4.54. The molecule has 23 heavy (non-hydrogen) atoms. The molecule has 0 bridgehead atoms. The van der Waals surface area contributed by atoms with Gasteiger partial charge in [-0.1, -0.05) is 23.8 Å². The fraction of sp³-hybridized carbons (Fsp3) is 0.316. The zero-order chi connectivity index (χ0) is 16.6. The first-order valence-electron chi connectivity index (χ1n) is 7.88. The number of benzene rings is 1. The Balaban J connectivity index is 1.92. The number of amides is 1. The molecule has 1 aliphatic heterocycles. The Kier molecular flexibility index (Phi) is 4.31. The van der Waals surface area contributed by atoms with Crippen LogP contribution in [0.4, 0.5) is 0 Å². The molecule has 0 atom stereocenters. The second-order valence-electron chi connectivity index (χ2n) is 6.14. The van der Waals surface area contributed by atoms with E-state index in [9.17, 15) is 4.79 Å². The van der Waals surface area contributed by atoms with Crippen molar-refractivity contribution in [2.45, 2.75) is 26.7 Å². The van der Waals surface area contributed by atoms with Gasteiger partial charge in [0.25, 0.3) is 5.91 Å². The highest BCUT2D eigenvalue weighted by atomic mass is 35.5. The molecule has 120 valence electrons. The lowest BCUT2D eigenvalue weighted by atomic mass is 10.0. The van der Waals surface area contributed by atoms with Gasteiger partial charge in [0.1, 0.15) is 0 Å². The van der Waals surface area contributed by atoms with Gasteiger partial charge in [-0.25, -0.2) is 0 Å². The predicted molar refractivity (Wildman–Crippen MR) is 94.5 cm³/mol. The summed E-state index contributed by atoms with van der Waals surface area (Å²) >= 11 is 5.97. The third-order valence-electron chi connectivity index (χ3n) is 4.50. The maximum Gasteiger partial charge on any atom is 0.255 e. The van der Waals surface area contributed by atoms with Crippen LogP contribution < -0.4 is 0 Å². The molecule has 0 aliphatic carbocycles. The summed E-state index contributed by atoms with van der Waals surface area (Å²) in [5, 5.41) is 0.709. The molecule has 0 saturated carbocycles. The van der Waals surface area contributed by atoms with Crippen LogP contribution in [0.15, 0.2) is 42.5 Å². The molecule has 2 heterocycles. The van der Waals surface area contributed by atoms with Crippen molar-refractivity contribution in [3.8, 4) is 5.69 Å². The quantitative estimate of drug-likeness (QED) is 0.743. The first-order valence-corrected chi connectivity index (χ1v) is 8.26. The molecule has 0 unspecified atom stereocenters. The fourth-order valence-corrected chi connectivity index (χ4v) is 3.29. The Morgan fingerprint density at radius 2 is 1.74 bits per heavy atom. The minimum atomic E-state index is 0.116. The summed E-state index contributed by atoms with van der Waals surface area (Å²) < 4.78 is 2.10. The number of likely N-dealkylation sites (tertiary alicyclic amines) is 1. The van der Waals surface area contributed by atoms with Gasteiger partial charge in [0.05, 0.1) is 5.56 Å². The van der Waals surface area contributed by atoms with Gasteiger partial charge >= 0.3 is 0 Å². The van der Waals surface area contributed by atoms with E-state index in [0.29, 0.717) is 5.02 Å². The van der Waals surface area contributed by atoms with E-state index in [1.807, 2.05) is 49.1 Å². The standard InChI is InChI=1S/C19H21ClN2O/c1-13-8-10-21(11-9-13)19(23)18-12-14(2)22(15(18)3)17-6-4-16(20)5-7-17/h4-7,12H,1,8-11H2,2-3H3. The van der Waals surface area contributed by atoms with E-state index in [2.05, 4.69) is 11.1 Å². The van der Waals surface area contributed by atoms with E-state index in [1.165, 1.54) is 5.57 Å². The molecular weight excluding hydrogens is 308 g/mol. The second-order valence-corrected chi connectivity index (χ2v) is 6.58. The van der Waals surface area contributed by atoms with Crippen LogP contribution in [0.2, 0.25) is 5.02 Å². The molecule has 1 amide bonds. The molecule has 4 heteroatoms. The molecule has 1 fully saturated rings. The Morgan fingerprint density at radius 3 is 2.35 bits per heavy atom. The summed E-state index contributed by atoms with van der Waals surface area (Å²) in [6.07, 6.45) is 1.81. The molecular formula is C19H21ClN2O. The van der Waals surface area contributed by atoms with Crippen molar-refractivity contribution in [3.05, 3.63) is 64.5 Å². The Morgan fingerprint density at radius 1 is 1.13 bits per heavy atom. The Hall–Kier alpha value is -2.00. The van der Waals surface area contributed by atoms with E-state index in [-0.39, 0.29) is 5.91 Å². The van der Waals surface area contributed by atoms with Crippen molar-refractivity contribution in [2.75, 3.05) is 13.1 Å². The van der Waals surface area contributed by atoms with Crippen molar-refractivity contribution >= 4 is 17.5 Å². The SMILES string of the molecule is C=C1CCN(C(=O)c2cc(C)n(-c3ccc(Cl)cc3)c2C)CC1. The zero-order valence-corrected chi connectivity index (χ0v) is 14.4. The van der Waals surface area contributed by atoms with E-state index in [0.717, 1.165) is 48.6 Å². The molecule has 2 aromatic rings. The van der Waals surface area contributed by atoms with Gasteiger partial charge in [0, 0.05) is 35.2 Å². The van der Waals surface area contributed by atoms with Crippen molar-refractivity contribution in [2.24, 2.45) is 0 Å². The molecule has 0 spiro atoms. The van der Waals surface area contributed by atoms with Crippen LogP contribution in [0.25, 0.3) is 5.69 Å². The van der Waals surface area contributed by atoms with E-state index < -0.39 is 0 Å². The summed E-state index contributed by atoms with van der Waals surface area (Å²) in [6, 6.07) is 9.67. The van der Waals surface area contributed by atoms with Crippen LogP contribution in [0, 0.1) is 13.8 Å². The first kappa shape index (κ1) is 15.9. The van der Waals surface area contributed by atoms with Gasteiger partial charge in [-0.3, -0.25) is 4.79 Å². The number of hydrogen-bond acceptors (Lipinski definition) is 1. The number of halogens is 1. The summed E-state index contributed by atoms with van der Waals surface area (Å²) in [5.41, 5.74) is 5.06. The Labute approximate surface area is 142 Å². The maximum absolute atomic E-state index is 12.8. The number of rotatable bonds is 2. The Bertz CT molecular complexity index is 748. The lowest BCUT2D eigenvalue weighted by Crippen LogP contribution is -2.36. The average Bonchev–Trinajstić information content (AvgIpc) is 2.83. The lowest BCUT2D eigenvalue weighted by molar-refractivity contribution is 0.0743. The van der Waals surface area contributed by atoms with E-state index in [4.69, 9.17) is 11.6 Å². The van der Waals surface area contributed by atoms with Crippen LogP contribution in [0.3, 0.4) is 0 Å². The van der Waals surface area contributed by atoms with Crippen LogP contribution >= 0.6 is 11.6 Å². The van der Waals surface area contributed by atoms with Crippen molar-refractivity contribution < 1.29 is 4.79 Å². The molecule has 1 saturated heterocycles. The van der Waals surface area contributed by atoms with Crippen LogP contribution in [-0.2, 0) is 0 Å². The third-order valence-corrected chi connectivity index (χ3v) is 4.76. The molecule has 1 aliphatic rings. The minimum absolute atomic E-state index is 0.116. The highest BCUT2D eigenvalue weighted by Gasteiger charge is 2.23. The normalized spacial score (nSPS) is 15.1. The van der Waals surface area contributed by atoms with Crippen LogP contribution in [0.5, 0.6) is 0 Å². The van der Waals surface area contributed by atoms with Gasteiger partial charge in [-0.05, 0) is 57.0 Å². The van der Waals surface area contributed by atoms with E-state index >= 15 is 0 Å². The number of hydrogen-bond donors (Lipinski definition) is 0. The van der Waals surface area contributed by atoms with Gasteiger partial charge in [0.15, 0.2) is 0 Å². The summed E-state index contributed by atoms with van der Waals surface area (Å²) in [4.78, 5) is 14.8. The summed E-state index contributed by atoms with van der Waals surface area (Å²) in [6.45, 7) is 9.56. The number of carbonyl (C=O) groups is 1. The minimum Gasteiger partial charge on any atom is -0.338 e. The molecule has 1 aromatic heterocycles. The first-order chi connectivity index (χ1) is 11.0. The van der Waals surface area contributed by atoms with E-state index in [1.54, 1.807) is 0 Å². The average molecular weight is 329 g/mol. The third kappa shape index (κ3) is 3.06. The van der Waals surface area contributed by atoms with Crippen LogP contribution in [0.1, 0.15) is 34.6 Å².